The molecule has 3 aromatic rings. The van der Waals surface area contributed by atoms with Crippen LogP contribution in [0.25, 0.3) is 6.08 Å². The Labute approximate surface area is 220 Å². The van der Waals surface area contributed by atoms with Gasteiger partial charge in [-0.15, -0.1) is 0 Å². The van der Waals surface area contributed by atoms with Crippen molar-refractivity contribution in [1.82, 2.24) is 15.3 Å². The number of carbonyl (C=O) groups is 2. The Kier molecular flexibility index (Phi) is 8.25. The number of ether oxygens (including phenoxy) is 2. The molecule has 4 rings (SSSR count). The number of rotatable bonds is 8. The Balaban J connectivity index is 1.47. The molecule has 190 valence electrons. The maximum absolute atomic E-state index is 13.3. The number of aromatic nitrogens is 2. The Hall–Kier alpha value is -4.10. The van der Waals surface area contributed by atoms with Gasteiger partial charge in [-0.3, -0.25) is 0 Å². The molecule has 1 atom stereocenters. The molecular formula is C29H28ClN3O4. The molecule has 0 saturated heterocycles. The number of esters is 2. The minimum absolute atomic E-state index is 0.0717. The van der Waals surface area contributed by atoms with Crippen LogP contribution in [0.5, 0.6) is 0 Å². The number of carbonyl (C=O) groups excluding carboxylic acids is 2. The Morgan fingerprint density at radius 1 is 1.05 bits per heavy atom. The van der Waals surface area contributed by atoms with Crippen molar-refractivity contribution in [1.29, 1.82) is 0 Å². The van der Waals surface area contributed by atoms with Gasteiger partial charge in [-0.25, -0.2) is 14.6 Å². The fourth-order valence-corrected chi connectivity index (χ4v) is 4.58. The maximum atomic E-state index is 13.3. The highest BCUT2D eigenvalue weighted by Gasteiger charge is 2.37. The van der Waals surface area contributed by atoms with Gasteiger partial charge in [0, 0.05) is 35.2 Å². The lowest BCUT2D eigenvalue weighted by atomic mass is 9.80. The number of H-pyrrole nitrogens is 1. The largest absolute Gasteiger partial charge is 0.466 e. The molecule has 2 aromatic carbocycles. The molecule has 0 aliphatic carbocycles. The van der Waals surface area contributed by atoms with Gasteiger partial charge in [0.15, 0.2) is 0 Å². The monoisotopic (exact) mass is 517 g/mol. The molecule has 37 heavy (non-hydrogen) atoms. The number of hydrogen-bond donors (Lipinski definition) is 2. The molecule has 1 aliphatic rings. The topological polar surface area (TPSA) is 93.3 Å². The van der Waals surface area contributed by atoms with Crippen molar-refractivity contribution in [2.75, 3.05) is 13.7 Å². The lowest BCUT2D eigenvalue weighted by Crippen LogP contribution is -2.32. The second-order valence-electron chi connectivity index (χ2n) is 8.64. The van der Waals surface area contributed by atoms with Crippen LogP contribution in [0.1, 0.15) is 42.3 Å². The summed E-state index contributed by atoms with van der Waals surface area (Å²) in [5.41, 5.74) is 4.72. The first kappa shape index (κ1) is 26.0. The van der Waals surface area contributed by atoms with Gasteiger partial charge < -0.3 is 19.8 Å². The van der Waals surface area contributed by atoms with Crippen LogP contribution in [-0.2, 0) is 25.5 Å². The van der Waals surface area contributed by atoms with Crippen LogP contribution < -0.4 is 5.32 Å². The minimum Gasteiger partial charge on any atom is -0.466 e. The number of benzene rings is 2. The second kappa shape index (κ2) is 11.8. The van der Waals surface area contributed by atoms with Crippen molar-refractivity contribution in [3.05, 3.63) is 117 Å². The van der Waals surface area contributed by atoms with E-state index in [-0.39, 0.29) is 6.61 Å². The highest BCUT2D eigenvalue weighted by atomic mass is 35.5. The summed E-state index contributed by atoms with van der Waals surface area (Å²) in [6.45, 7) is 3.63. The summed E-state index contributed by atoms with van der Waals surface area (Å²) < 4.78 is 10.6. The highest BCUT2D eigenvalue weighted by molar-refractivity contribution is 6.30. The van der Waals surface area contributed by atoms with E-state index in [2.05, 4.69) is 15.3 Å². The highest BCUT2D eigenvalue weighted by Crippen LogP contribution is 2.39. The molecule has 0 bridgehead atoms. The SMILES string of the molecule is COC(=O)C1=C(C)NC(C)=C(C(=O)OCC=Cc2ccc(Cc3ncc[nH]3)cc2)C1c1cccc(Cl)c1. The first-order chi connectivity index (χ1) is 17.9. The van der Waals surface area contributed by atoms with E-state index in [1.54, 1.807) is 50.5 Å². The van der Waals surface area contributed by atoms with Gasteiger partial charge in [-0.1, -0.05) is 54.1 Å². The first-order valence-electron chi connectivity index (χ1n) is 11.8. The predicted octanol–water partition coefficient (Wildman–Crippen LogP) is 5.32. The third-order valence-electron chi connectivity index (χ3n) is 6.09. The number of aromatic amines is 1. The molecule has 8 heteroatoms. The Bertz CT molecular complexity index is 1370. The average Bonchev–Trinajstić information content (AvgIpc) is 3.39. The first-order valence-corrected chi connectivity index (χ1v) is 12.2. The van der Waals surface area contributed by atoms with Crippen LogP contribution >= 0.6 is 11.6 Å². The molecule has 1 aliphatic heterocycles. The summed E-state index contributed by atoms with van der Waals surface area (Å²) in [7, 11) is 1.31. The standard InChI is InChI=1S/C29H28ClN3O4/c1-18-25(28(34)36-3)27(22-7-4-8-23(30)17-22)26(19(2)33-18)29(35)37-15-5-6-20-9-11-21(12-10-20)16-24-31-13-14-32-24/h4-14,17,27,33H,15-16H2,1-3H3,(H,31,32). The fraction of sp³-hybridized carbons (Fsp3) is 0.207. The van der Waals surface area contributed by atoms with Crippen molar-refractivity contribution in [2.24, 2.45) is 0 Å². The normalized spacial score (nSPS) is 15.6. The van der Waals surface area contributed by atoms with E-state index in [1.165, 1.54) is 7.11 Å². The average molecular weight is 518 g/mol. The second-order valence-corrected chi connectivity index (χ2v) is 9.07. The number of halogens is 1. The zero-order valence-corrected chi connectivity index (χ0v) is 21.6. The maximum Gasteiger partial charge on any atom is 0.337 e. The molecule has 2 heterocycles. The molecule has 1 aromatic heterocycles. The van der Waals surface area contributed by atoms with Crippen LogP contribution in [0.2, 0.25) is 5.02 Å². The molecule has 0 saturated carbocycles. The number of dihydropyridines is 1. The van der Waals surface area contributed by atoms with Crippen LogP contribution in [0.3, 0.4) is 0 Å². The fourth-order valence-electron chi connectivity index (χ4n) is 4.38. The summed E-state index contributed by atoms with van der Waals surface area (Å²) in [6.07, 6.45) is 7.94. The van der Waals surface area contributed by atoms with E-state index in [9.17, 15) is 9.59 Å². The van der Waals surface area contributed by atoms with Crippen LogP contribution in [0, 0.1) is 0 Å². The van der Waals surface area contributed by atoms with Gasteiger partial charge in [0.2, 0.25) is 0 Å². The van der Waals surface area contributed by atoms with Crippen molar-refractivity contribution < 1.29 is 19.1 Å². The molecule has 1 unspecified atom stereocenters. The van der Waals surface area contributed by atoms with Gasteiger partial charge in [0.05, 0.1) is 24.2 Å². The number of nitrogens with one attached hydrogen (secondary N) is 2. The van der Waals surface area contributed by atoms with Crippen molar-refractivity contribution in [3.63, 3.8) is 0 Å². The predicted molar refractivity (Wildman–Crippen MR) is 143 cm³/mol. The zero-order valence-electron chi connectivity index (χ0n) is 20.9. The molecule has 0 radical (unpaired) electrons. The number of imidazole rings is 1. The number of nitrogens with zero attached hydrogens (tertiary/aromatic N) is 1. The van der Waals surface area contributed by atoms with E-state index >= 15 is 0 Å². The molecule has 0 fully saturated rings. The van der Waals surface area contributed by atoms with Gasteiger partial charge >= 0.3 is 11.9 Å². The quantitative estimate of drug-likeness (QED) is 0.393. The van der Waals surface area contributed by atoms with Crippen LogP contribution in [-0.4, -0.2) is 35.6 Å². The lowest BCUT2D eigenvalue weighted by molar-refractivity contribution is -0.138. The van der Waals surface area contributed by atoms with Gasteiger partial charge in [0.25, 0.3) is 0 Å². The molecular weight excluding hydrogens is 490 g/mol. The Morgan fingerprint density at radius 2 is 1.78 bits per heavy atom. The van der Waals surface area contributed by atoms with Crippen LogP contribution in [0.15, 0.2) is 89.5 Å². The van der Waals surface area contributed by atoms with Crippen molar-refractivity contribution in [2.45, 2.75) is 26.2 Å². The Morgan fingerprint density at radius 3 is 2.43 bits per heavy atom. The van der Waals surface area contributed by atoms with E-state index < -0.39 is 17.9 Å². The van der Waals surface area contributed by atoms with E-state index in [0.29, 0.717) is 33.1 Å². The summed E-state index contributed by atoms with van der Waals surface area (Å²) in [6, 6.07) is 15.2. The molecule has 0 amide bonds. The smallest absolute Gasteiger partial charge is 0.337 e. The molecule has 2 N–H and O–H groups in total. The summed E-state index contributed by atoms with van der Waals surface area (Å²) in [4.78, 5) is 33.3. The lowest BCUT2D eigenvalue weighted by Gasteiger charge is -2.30. The summed E-state index contributed by atoms with van der Waals surface area (Å²) in [5.74, 6) is -0.815. The van der Waals surface area contributed by atoms with E-state index in [1.807, 2.05) is 36.4 Å². The number of allylic oxidation sites excluding steroid dienone is 2. The minimum atomic E-state index is -0.675. The van der Waals surface area contributed by atoms with Gasteiger partial charge in [0.1, 0.15) is 12.4 Å². The van der Waals surface area contributed by atoms with Crippen LogP contribution in [0.4, 0.5) is 0 Å². The molecule has 0 spiro atoms. The molecule has 7 nitrogen and oxygen atoms in total. The van der Waals surface area contributed by atoms with Crippen molar-refractivity contribution in [3.8, 4) is 0 Å². The summed E-state index contributed by atoms with van der Waals surface area (Å²) in [5, 5.41) is 3.63. The van der Waals surface area contributed by atoms with Gasteiger partial charge in [-0.05, 0) is 48.7 Å². The van der Waals surface area contributed by atoms with Crippen molar-refractivity contribution >= 4 is 29.6 Å². The summed E-state index contributed by atoms with van der Waals surface area (Å²) >= 11 is 6.24. The van der Waals surface area contributed by atoms with E-state index in [0.717, 1.165) is 23.4 Å². The van der Waals surface area contributed by atoms with E-state index in [4.69, 9.17) is 21.1 Å². The number of methoxy groups -OCH3 is 1. The third-order valence-corrected chi connectivity index (χ3v) is 6.33. The number of hydrogen-bond acceptors (Lipinski definition) is 6. The zero-order chi connectivity index (χ0) is 26.4. The van der Waals surface area contributed by atoms with Gasteiger partial charge in [-0.2, -0.15) is 0 Å². The third kappa shape index (κ3) is 6.19.